The molecule has 2 aromatic carbocycles. The number of fused-ring (bicyclic) bond motifs is 1. The van der Waals surface area contributed by atoms with Crippen LogP contribution in [-0.2, 0) is 26.8 Å². The summed E-state index contributed by atoms with van der Waals surface area (Å²) in [7, 11) is -4.03. The van der Waals surface area contributed by atoms with Crippen molar-refractivity contribution in [1.29, 1.82) is 0 Å². The van der Waals surface area contributed by atoms with Crippen molar-refractivity contribution in [3.05, 3.63) is 82.9 Å². The summed E-state index contributed by atoms with van der Waals surface area (Å²) in [5.41, 5.74) is 2.08. The Morgan fingerprint density at radius 3 is 2.39 bits per heavy atom. The minimum Gasteiger partial charge on any atom is -0.335 e. The molecule has 0 bridgehead atoms. The fourth-order valence-electron chi connectivity index (χ4n) is 3.88. The largest absolute Gasteiger partial charge is 0.335 e. The van der Waals surface area contributed by atoms with E-state index < -0.39 is 10.0 Å². The summed E-state index contributed by atoms with van der Waals surface area (Å²) >= 11 is 1.46. The number of amides is 1. The van der Waals surface area contributed by atoms with Gasteiger partial charge in [0.1, 0.15) is 11.6 Å². The van der Waals surface area contributed by atoms with Gasteiger partial charge in [-0.2, -0.15) is 0 Å². The van der Waals surface area contributed by atoms with Gasteiger partial charge in [-0.25, -0.2) is 13.4 Å². The summed E-state index contributed by atoms with van der Waals surface area (Å²) in [6, 6.07) is 15.8. The molecule has 0 atom stereocenters. The van der Waals surface area contributed by atoms with Gasteiger partial charge in [-0.15, -0.1) is 11.3 Å². The highest BCUT2D eigenvalue weighted by atomic mass is 32.2. The molecule has 0 saturated heterocycles. The zero-order valence-electron chi connectivity index (χ0n) is 20.9. The lowest BCUT2D eigenvalue weighted by atomic mass is 9.87. The first-order chi connectivity index (χ1) is 17.1. The van der Waals surface area contributed by atoms with Gasteiger partial charge in [0.15, 0.2) is 0 Å². The van der Waals surface area contributed by atoms with Crippen molar-refractivity contribution in [1.82, 2.24) is 14.9 Å². The predicted molar refractivity (Wildman–Crippen MR) is 145 cm³/mol. The maximum Gasteiger partial charge on any atom is 0.264 e. The fraction of sp³-hybridized carbons (Fsp3) is 0.296. The van der Waals surface area contributed by atoms with Gasteiger partial charge in [0.25, 0.3) is 10.0 Å². The lowest BCUT2D eigenvalue weighted by molar-refractivity contribution is -0.129. The molecule has 0 aliphatic rings. The highest BCUT2D eigenvalue weighted by Gasteiger charge is 2.29. The van der Waals surface area contributed by atoms with Crippen LogP contribution in [0.15, 0.2) is 77.3 Å². The zero-order chi connectivity index (χ0) is 25.9. The molecule has 9 heteroatoms. The molecule has 188 valence electrons. The summed E-state index contributed by atoms with van der Waals surface area (Å²) in [6.07, 6.45) is 3.38. The first-order valence-electron chi connectivity index (χ1n) is 11.7. The Labute approximate surface area is 216 Å². The maximum absolute atomic E-state index is 13.9. The molecule has 0 saturated carbocycles. The smallest absolute Gasteiger partial charge is 0.264 e. The first kappa shape index (κ1) is 25.8. The third-order valence-electron chi connectivity index (χ3n) is 6.01. The number of hydrogen-bond acceptors (Lipinski definition) is 6. The summed E-state index contributed by atoms with van der Waals surface area (Å²) in [5.74, 6) is -0.297. The van der Waals surface area contributed by atoms with Crippen LogP contribution in [0.4, 0.5) is 5.69 Å². The molecule has 4 aromatic rings. The van der Waals surface area contributed by atoms with E-state index >= 15 is 0 Å². The number of carbonyl (C=O) groups excluding carboxylic acids is 1. The number of pyridine rings is 1. The van der Waals surface area contributed by atoms with E-state index in [-0.39, 0.29) is 22.8 Å². The predicted octanol–water partition coefficient (Wildman–Crippen LogP) is 5.23. The van der Waals surface area contributed by atoms with Crippen LogP contribution in [0.2, 0.25) is 0 Å². The number of likely N-dealkylation sites (N-methyl/N-ethyl adjacent to an activating group) is 1. The molecule has 0 spiro atoms. The van der Waals surface area contributed by atoms with Gasteiger partial charge in [0, 0.05) is 29.7 Å². The SMILES string of the molecule is CCN(Cc1nccs1)C(=O)CN(c1ccc2ncccc2c1)S(=O)(=O)c1ccc(C(C)(C)C)cc1. The van der Waals surface area contributed by atoms with Crippen LogP contribution in [0.1, 0.15) is 38.3 Å². The second-order valence-corrected chi connectivity index (χ2v) is 12.3. The first-order valence-corrected chi connectivity index (χ1v) is 14.1. The molecular formula is C27H30N4O3S2. The van der Waals surface area contributed by atoms with E-state index in [1.54, 1.807) is 53.7 Å². The van der Waals surface area contributed by atoms with E-state index in [0.717, 1.165) is 21.5 Å². The van der Waals surface area contributed by atoms with Crippen LogP contribution in [-0.4, -0.2) is 42.3 Å². The standard InChI is InChI=1S/C27H30N4O3S2/c1-5-30(18-25-29-15-16-35-25)26(32)19-31(22-10-13-24-20(17-22)7-6-14-28-24)36(33,34)23-11-8-21(9-12-23)27(2,3)4/h6-17H,5,18-19H2,1-4H3. The second kappa shape index (κ2) is 10.4. The van der Waals surface area contributed by atoms with Gasteiger partial charge in [0.05, 0.1) is 22.6 Å². The number of anilines is 1. The van der Waals surface area contributed by atoms with Crippen LogP contribution in [0.25, 0.3) is 10.9 Å². The van der Waals surface area contributed by atoms with Crippen molar-refractivity contribution in [2.24, 2.45) is 0 Å². The number of thiazole rings is 1. The van der Waals surface area contributed by atoms with Crippen molar-refractivity contribution in [2.45, 2.75) is 44.6 Å². The lowest BCUT2D eigenvalue weighted by Gasteiger charge is -2.28. The van der Waals surface area contributed by atoms with E-state index in [1.807, 2.05) is 30.5 Å². The van der Waals surface area contributed by atoms with Gasteiger partial charge < -0.3 is 4.90 Å². The van der Waals surface area contributed by atoms with E-state index in [1.165, 1.54) is 15.6 Å². The van der Waals surface area contributed by atoms with Crippen LogP contribution >= 0.6 is 11.3 Å². The van der Waals surface area contributed by atoms with Crippen molar-refractivity contribution < 1.29 is 13.2 Å². The van der Waals surface area contributed by atoms with Crippen molar-refractivity contribution >= 4 is 43.9 Å². The van der Waals surface area contributed by atoms with Crippen LogP contribution in [0.5, 0.6) is 0 Å². The molecule has 0 fully saturated rings. The van der Waals surface area contributed by atoms with E-state index in [9.17, 15) is 13.2 Å². The topological polar surface area (TPSA) is 83.5 Å². The number of benzene rings is 2. The van der Waals surface area contributed by atoms with Crippen LogP contribution in [0.3, 0.4) is 0 Å². The summed E-state index contributed by atoms with van der Waals surface area (Å²) < 4.78 is 29.0. The molecule has 0 radical (unpaired) electrons. The molecular weight excluding hydrogens is 492 g/mol. The van der Waals surface area contributed by atoms with E-state index in [0.29, 0.717) is 18.8 Å². The molecule has 7 nitrogen and oxygen atoms in total. The van der Waals surface area contributed by atoms with E-state index in [2.05, 4.69) is 30.7 Å². The molecule has 2 aromatic heterocycles. The number of rotatable bonds is 8. The Hall–Kier alpha value is -3.30. The normalized spacial score (nSPS) is 12.0. The average Bonchev–Trinajstić information content (AvgIpc) is 3.38. The number of aromatic nitrogens is 2. The Bertz CT molecular complexity index is 1440. The second-order valence-electron chi connectivity index (χ2n) is 9.50. The van der Waals surface area contributed by atoms with Crippen LogP contribution in [0, 0.1) is 0 Å². The highest BCUT2D eigenvalue weighted by Crippen LogP contribution is 2.29. The Morgan fingerprint density at radius 2 is 1.75 bits per heavy atom. The fourth-order valence-corrected chi connectivity index (χ4v) is 5.92. The zero-order valence-corrected chi connectivity index (χ0v) is 22.5. The summed E-state index contributed by atoms with van der Waals surface area (Å²) in [4.78, 5) is 23.7. The molecule has 0 unspecified atom stereocenters. The minimum atomic E-state index is -4.03. The molecule has 2 heterocycles. The molecule has 1 amide bonds. The third-order valence-corrected chi connectivity index (χ3v) is 8.56. The average molecular weight is 523 g/mol. The van der Waals surface area contributed by atoms with E-state index in [4.69, 9.17) is 0 Å². The highest BCUT2D eigenvalue weighted by molar-refractivity contribution is 7.92. The summed E-state index contributed by atoms with van der Waals surface area (Å²) in [6.45, 7) is 8.55. The van der Waals surface area contributed by atoms with Gasteiger partial charge in [0.2, 0.25) is 5.91 Å². The van der Waals surface area contributed by atoms with Gasteiger partial charge >= 0.3 is 0 Å². The summed E-state index contributed by atoms with van der Waals surface area (Å²) in [5, 5.41) is 3.45. The van der Waals surface area contributed by atoms with Crippen molar-refractivity contribution in [2.75, 3.05) is 17.4 Å². The minimum absolute atomic E-state index is 0.110. The number of hydrogen-bond donors (Lipinski definition) is 0. The van der Waals surface area contributed by atoms with Crippen molar-refractivity contribution in [3.63, 3.8) is 0 Å². The van der Waals surface area contributed by atoms with Crippen molar-refractivity contribution in [3.8, 4) is 0 Å². The monoisotopic (exact) mass is 522 g/mol. The molecule has 36 heavy (non-hydrogen) atoms. The molecule has 4 rings (SSSR count). The third kappa shape index (κ3) is 5.57. The van der Waals surface area contributed by atoms with Crippen LogP contribution < -0.4 is 4.31 Å². The molecule has 0 aliphatic heterocycles. The van der Waals surface area contributed by atoms with Gasteiger partial charge in [-0.3, -0.25) is 14.1 Å². The quantitative estimate of drug-likeness (QED) is 0.316. The molecule has 0 aliphatic carbocycles. The Balaban J connectivity index is 1.73. The van der Waals surface area contributed by atoms with Gasteiger partial charge in [-0.1, -0.05) is 39.0 Å². The van der Waals surface area contributed by atoms with Gasteiger partial charge in [-0.05, 0) is 54.3 Å². The molecule has 0 N–H and O–H groups in total. The number of sulfonamides is 1. The number of carbonyl (C=O) groups is 1. The maximum atomic E-state index is 13.9. The number of nitrogens with zero attached hydrogens (tertiary/aromatic N) is 4. The Kier molecular flexibility index (Phi) is 7.42. The lowest BCUT2D eigenvalue weighted by Crippen LogP contribution is -2.42. The Morgan fingerprint density at radius 1 is 1.00 bits per heavy atom.